The average molecular weight is 373 g/mol. The van der Waals surface area contributed by atoms with Gasteiger partial charge in [0.15, 0.2) is 5.88 Å². The Balaban J connectivity index is 1.89. The molecule has 0 saturated carbocycles. The maximum absolute atomic E-state index is 13.6. The molecule has 0 aliphatic heterocycles. The normalized spacial score (nSPS) is 11.9. The van der Waals surface area contributed by atoms with E-state index in [4.69, 9.17) is 4.99 Å². The molecule has 0 bridgehead atoms. The quantitative estimate of drug-likeness (QED) is 0.436. The average Bonchev–Trinajstić information content (AvgIpc) is 3.03. The summed E-state index contributed by atoms with van der Waals surface area (Å²) in [6, 6.07) is 22.0. The van der Waals surface area contributed by atoms with Gasteiger partial charge in [0.05, 0.1) is 22.5 Å². The molecular weight excluding hydrogens is 353 g/mol. The zero-order valence-electron chi connectivity index (χ0n) is 15.4. The Labute approximate surface area is 162 Å². The number of hydrogen-bond donors (Lipinski definition) is 3. The first-order valence-electron chi connectivity index (χ1n) is 9.04. The third kappa shape index (κ3) is 3.52. The third-order valence-corrected chi connectivity index (χ3v) is 4.58. The van der Waals surface area contributed by atoms with Crippen LogP contribution in [0.3, 0.4) is 0 Å². The van der Waals surface area contributed by atoms with E-state index in [1.165, 1.54) is 12.1 Å². The van der Waals surface area contributed by atoms with Gasteiger partial charge in [0.25, 0.3) is 0 Å². The highest BCUT2D eigenvalue weighted by molar-refractivity contribution is 6.21. The Kier molecular flexibility index (Phi) is 4.91. The summed E-state index contributed by atoms with van der Waals surface area (Å²) in [6.07, 6.45) is 0. The highest BCUT2D eigenvalue weighted by atomic mass is 19.1. The van der Waals surface area contributed by atoms with E-state index in [2.05, 4.69) is 10.3 Å². The van der Waals surface area contributed by atoms with Crippen molar-refractivity contribution in [3.8, 4) is 5.88 Å². The monoisotopic (exact) mass is 373 g/mol. The Morgan fingerprint density at radius 1 is 1.04 bits per heavy atom. The summed E-state index contributed by atoms with van der Waals surface area (Å²) >= 11 is 0. The number of rotatable bonds is 5. The molecule has 28 heavy (non-hydrogen) atoms. The van der Waals surface area contributed by atoms with E-state index in [0.717, 1.165) is 23.4 Å². The number of halogens is 1. The van der Waals surface area contributed by atoms with Crippen LogP contribution in [0.25, 0.3) is 10.9 Å². The summed E-state index contributed by atoms with van der Waals surface area (Å²) in [6.45, 7) is 0.782. The number of hydrogen-bond acceptors (Lipinski definition) is 3. The molecule has 0 aliphatic rings. The van der Waals surface area contributed by atoms with Crippen molar-refractivity contribution in [3.63, 3.8) is 0 Å². The zero-order chi connectivity index (χ0) is 19.5. The van der Waals surface area contributed by atoms with Gasteiger partial charge in [-0.3, -0.25) is 0 Å². The molecule has 0 aliphatic carbocycles. The molecular formula is C23H20FN3O. The molecule has 3 N–H and O–H groups in total. The molecule has 4 nitrogen and oxygen atoms in total. The van der Waals surface area contributed by atoms with Crippen LogP contribution in [-0.2, 0) is 6.54 Å². The fraction of sp³-hybridized carbons (Fsp3) is 0.0870. The summed E-state index contributed by atoms with van der Waals surface area (Å²) in [5.41, 5.74) is 4.50. The lowest BCUT2D eigenvalue weighted by Crippen LogP contribution is -2.04. The van der Waals surface area contributed by atoms with Crippen molar-refractivity contribution in [2.24, 2.45) is 4.99 Å². The molecule has 1 aromatic heterocycles. The maximum atomic E-state index is 13.6. The molecule has 4 rings (SSSR count). The third-order valence-electron chi connectivity index (χ3n) is 4.58. The second kappa shape index (κ2) is 7.66. The van der Waals surface area contributed by atoms with Crippen molar-refractivity contribution in [1.29, 1.82) is 0 Å². The Morgan fingerprint density at radius 2 is 1.79 bits per heavy atom. The minimum atomic E-state index is -0.362. The van der Waals surface area contributed by atoms with E-state index in [1.807, 2.05) is 61.6 Å². The van der Waals surface area contributed by atoms with Gasteiger partial charge in [0.1, 0.15) is 5.82 Å². The largest absolute Gasteiger partial charge is 0.494 e. The van der Waals surface area contributed by atoms with Gasteiger partial charge < -0.3 is 15.4 Å². The standard InChI is InChI=1S/C23H20FN3O/c1-25-14-15-7-10-18(11-8-15)26-22(16-5-3-2-4-6-16)21-19-12-9-17(24)13-20(19)27-23(21)28/h2-13,25,27-28H,14H2,1H3. The van der Waals surface area contributed by atoms with Crippen LogP contribution in [-0.4, -0.2) is 22.8 Å². The SMILES string of the molecule is CNCc1ccc(N=C(c2ccccc2)c2c(O)[nH]c3cc(F)ccc23)cc1. The first kappa shape index (κ1) is 17.9. The molecule has 1 heterocycles. The molecule has 0 unspecified atom stereocenters. The predicted molar refractivity (Wildman–Crippen MR) is 111 cm³/mol. The van der Waals surface area contributed by atoms with Gasteiger partial charge in [-0.05, 0) is 42.9 Å². The molecule has 0 fully saturated rings. The predicted octanol–water partition coefficient (Wildman–Crippen LogP) is 4.90. The van der Waals surface area contributed by atoms with Crippen LogP contribution < -0.4 is 5.32 Å². The van der Waals surface area contributed by atoms with Gasteiger partial charge in [0, 0.05) is 17.5 Å². The van der Waals surface area contributed by atoms with Gasteiger partial charge in [-0.25, -0.2) is 9.38 Å². The van der Waals surface area contributed by atoms with Crippen molar-refractivity contribution in [2.45, 2.75) is 6.54 Å². The fourth-order valence-corrected chi connectivity index (χ4v) is 3.28. The van der Waals surface area contributed by atoms with Crippen LogP contribution in [0, 0.1) is 5.82 Å². The van der Waals surface area contributed by atoms with Crippen LogP contribution in [0.15, 0.2) is 77.8 Å². The lowest BCUT2D eigenvalue weighted by atomic mass is 10.0. The van der Waals surface area contributed by atoms with Gasteiger partial charge in [-0.15, -0.1) is 0 Å². The lowest BCUT2D eigenvalue weighted by Gasteiger charge is -2.08. The van der Waals surface area contributed by atoms with Crippen LogP contribution in [0.1, 0.15) is 16.7 Å². The van der Waals surface area contributed by atoms with Gasteiger partial charge in [-0.2, -0.15) is 0 Å². The molecule has 5 heteroatoms. The molecule has 0 spiro atoms. The summed E-state index contributed by atoms with van der Waals surface area (Å²) in [4.78, 5) is 7.68. The molecule has 140 valence electrons. The second-order valence-corrected chi connectivity index (χ2v) is 6.56. The number of aromatic hydroxyl groups is 1. The Hall–Kier alpha value is -3.44. The van der Waals surface area contributed by atoms with Gasteiger partial charge >= 0.3 is 0 Å². The lowest BCUT2D eigenvalue weighted by molar-refractivity contribution is 0.457. The van der Waals surface area contributed by atoms with E-state index < -0.39 is 0 Å². The first-order chi connectivity index (χ1) is 13.7. The second-order valence-electron chi connectivity index (χ2n) is 6.56. The Bertz CT molecular complexity index is 1130. The summed E-state index contributed by atoms with van der Waals surface area (Å²) < 4.78 is 13.6. The smallest absolute Gasteiger partial charge is 0.199 e. The number of H-pyrrole nitrogens is 1. The summed E-state index contributed by atoms with van der Waals surface area (Å²) in [7, 11) is 1.90. The maximum Gasteiger partial charge on any atom is 0.199 e. The van der Waals surface area contributed by atoms with Crippen LogP contribution in [0.5, 0.6) is 5.88 Å². The van der Waals surface area contributed by atoms with Crippen molar-refractivity contribution in [2.75, 3.05) is 7.05 Å². The molecule has 0 atom stereocenters. The van der Waals surface area contributed by atoms with E-state index >= 15 is 0 Å². The summed E-state index contributed by atoms with van der Waals surface area (Å²) in [5, 5.41) is 14.4. The van der Waals surface area contributed by atoms with Crippen LogP contribution in [0.2, 0.25) is 0 Å². The molecule has 0 radical (unpaired) electrons. The highest BCUT2D eigenvalue weighted by Crippen LogP contribution is 2.31. The van der Waals surface area contributed by atoms with Gasteiger partial charge in [-0.1, -0.05) is 42.5 Å². The summed E-state index contributed by atoms with van der Waals surface area (Å²) in [5.74, 6) is -0.395. The van der Waals surface area contributed by atoms with Crippen LogP contribution in [0.4, 0.5) is 10.1 Å². The topological polar surface area (TPSA) is 60.4 Å². The zero-order valence-corrected chi connectivity index (χ0v) is 15.4. The van der Waals surface area contributed by atoms with E-state index in [0.29, 0.717) is 22.2 Å². The molecule has 4 aromatic rings. The van der Waals surface area contributed by atoms with Crippen molar-refractivity contribution in [3.05, 3.63) is 95.3 Å². The van der Waals surface area contributed by atoms with E-state index in [9.17, 15) is 9.50 Å². The van der Waals surface area contributed by atoms with E-state index in [-0.39, 0.29) is 11.7 Å². The van der Waals surface area contributed by atoms with Crippen molar-refractivity contribution in [1.82, 2.24) is 10.3 Å². The first-order valence-corrected chi connectivity index (χ1v) is 9.04. The van der Waals surface area contributed by atoms with Crippen molar-refractivity contribution < 1.29 is 9.50 Å². The molecule has 0 amide bonds. The number of nitrogens with zero attached hydrogens (tertiary/aromatic N) is 1. The number of aromatic nitrogens is 1. The molecule has 0 saturated heterocycles. The minimum absolute atomic E-state index is 0.0324. The van der Waals surface area contributed by atoms with Crippen LogP contribution >= 0.6 is 0 Å². The van der Waals surface area contributed by atoms with Gasteiger partial charge in [0.2, 0.25) is 0 Å². The number of aliphatic imine (C=N–C) groups is 1. The number of nitrogens with one attached hydrogen (secondary N) is 2. The minimum Gasteiger partial charge on any atom is -0.494 e. The fourth-order valence-electron chi connectivity index (χ4n) is 3.28. The number of aromatic amines is 1. The Morgan fingerprint density at radius 3 is 2.50 bits per heavy atom. The number of benzene rings is 3. The highest BCUT2D eigenvalue weighted by Gasteiger charge is 2.18. The van der Waals surface area contributed by atoms with Crippen molar-refractivity contribution >= 4 is 22.3 Å². The van der Waals surface area contributed by atoms with E-state index in [1.54, 1.807) is 6.07 Å². The number of fused-ring (bicyclic) bond motifs is 1. The molecule has 3 aromatic carbocycles.